The first-order chi connectivity index (χ1) is 13.1. The molecule has 0 atom stereocenters. The molecule has 7 nitrogen and oxygen atoms in total. The van der Waals surface area contributed by atoms with E-state index in [1.165, 1.54) is 28.9 Å². The van der Waals surface area contributed by atoms with Crippen LogP contribution < -0.4 is 4.90 Å². The van der Waals surface area contributed by atoms with Gasteiger partial charge in [-0.2, -0.15) is 4.37 Å². The van der Waals surface area contributed by atoms with Crippen molar-refractivity contribution in [2.24, 2.45) is 0 Å². The van der Waals surface area contributed by atoms with E-state index in [9.17, 15) is 0 Å². The van der Waals surface area contributed by atoms with Crippen molar-refractivity contribution in [3.05, 3.63) is 35.7 Å². The minimum atomic E-state index is 0.314. The van der Waals surface area contributed by atoms with Crippen LogP contribution in [0.2, 0.25) is 0 Å². The number of morpholine rings is 1. The number of ether oxygens (including phenoxy) is 1. The largest absolute Gasteiger partial charge is 0.378 e. The van der Waals surface area contributed by atoms with Crippen LogP contribution in [0, 0.1) is 6.92 Å². The maximum Gasteiger partial charge on any atom is 0.232 e. The second kappa shape index (κ2) is 7.95. The van der Waals surface area contributed by atoms with Gasteiger partial charge >= 0.3 is 0 Å². The Balaban J connectivity index is 1.71. The summed E-state index contributed by atoms with van der Waals surface area (Å²) in [6.45, 7) is 9.32. The molecule has 0 radical (unpaired) electrons. The van der Waals surface area contributed by atoms with E-state index in [1.54, 1.807) is 0 Å². The molecular weight excluding hydrogens is 380 g/mol. The Morgan fingerprint density at radius 2 is 1.85 bits per heavy atom. The fraction of sp³-hybridized carbons (Fsp3) is 0.444. The normalized spacial score (nSPS) is 14.9. The van der Waals surface area contributed by atoms with Crippen LogP contribution >= 0.6 is 23.3 Å². The third-order valence-corrected chi connectivity index (χ3v) is 6.03. The zero-order chi connectivity index (χ0) is 18.8. The van der Waals surface area contributed by atoms with Crippen molar-refractivity contribution < 1.29 is 4.74 Å². The van der Waals surface area contributed by atoms with Crippen LogP contribution in [0.5, 0.6) is 0 Å². The maximum atomic E-state index is 5.49. The van der Waals surface area contributed by atoms with Crippen LogP contribution in [-0.4, -0.2) is 50.4 Å². The number of hydrogen-bond donors (Lipinski definition) is 0. The highest BCUT2D eigenvalue weighted by Crippen LogP contribution is 2.33. The van der Waals surface area contributed by atoms with Crippen LogP contribution in [0.15, 0.2) is 33.8 Å². The smallest absolute Gasteiger partial charge is 0.232 e. The van der Waals surface area contributed by atoms with Crippen LogP contribution in [0.4, 0.5) is 5.95 Å². The number of aromatic nitrogens is 5. The Kier molecular flexibility index (Phi) is 5.42. The van der Waals surface area contributed by atoms with Gasteiger partial charge in [0.05, 0.1) is 18.9 Å². The Hall–Kier alpha value is -1.97. The van der Waals surface area contributed by atoms with E-state index >= 15 is 0 Å². The van der Waals surface area contributed by atoms with Crippen molar-refractivity contribution in [3.63, 3.8) is 0 Å². The summed E-state index contributed by atoms with van der Waals surface area (Å²) < 4.78 is 12.9. The fourth-order valence-corrected chi connectivity index (χ4v) is 4.49. The van der Waals surface area contributed by atoms with Crippen molar-refractivity contribution in [2.75, 3.05) is 31.2 Å². The molecule has 9 heteroatoms. The molecule has 142 valence electrons. The molecule has 0 unspecified atom stereocenters. The van der Waals surface area contributed by atoms with Gasteiger partial charge in [-0.05, 0) is 42.4 Å². The van der Waals surface area contributed by atoms with Crippen molar-refractivity contribution >= 4 is 29.2 Å². The third kappa shape index (κ3) is 3.99. The zero-order valence-electron chi connectivity index (χ0n) is 15.6. The lowest BCUT2D eigenvalue weighted by Gasteiger charge is -2.27. The van der Waals surface area contributed by atoms with E-state index in [4.69, 9.17) is 4.74 Å². The van der Waals surface area contributed by atoms with Gasteiger partial charge in [0, 0.05) is 19.0 Å². The molecule has 3 aromatic rings. The van der Waals surface area contributed by atoms with Crippen molar-refractivity contribution in [1.82, 2.24) is 24.1 Å². The lowest BCUT2D eigenvalue weighted by molar-refractivity contribution is 0.122. The third-order valence-electron chi connectivity index (χ3n) is 4.32. The number of rotatable bonds is 5. The monoisotopic (exact) mass is 402 g/mol. The summed E-state index contributed by atoms with van der Waals surface area (Å²) in [7, 11) is 0. The van der Waals surface area contributed by atoms with Crippen molar-refractivity contribution in [2.45, 2.75) is 36.2 Å². The average Bonchev–Trinajstić information content (AvgIpc) is 3.31. The van der Waals surface area contributed by atoms with Gasteiger partial charge in [0.1, 0.15) is 5.82 Å². The Morgan fingerprint density at radius 1 is 1.11 bits per heavy atom. The molecule has 4 rings (SSSR count). The Morgan fingerprint density at radius 3 is 2.52 bits per heavy atom. The molecule has 0 bridgehead atoms. The average molecular weight is 403 g/mol. The molecule has 2 aromatic heterocycles. The minimum Gasteiger partial charge on any atom is -0.378 e. The van der Waals surface area contributed by atoms with Gasteiger partial charge in [0.25, 0.3) is 0 Å². The number of benzene rings is 1. The van der Waals surface area contributed by atoms with Gasteiger partial charge in [0.2, 0.25) is 11.1 Å². The molecule has 1 fully saturated rings. The van der Waals surface area contributed by atoms with Crippen molar-refractivity contribution in [3.8, 4) is 5.69 Å². The topological polar surface area (TPSA) is 69.0 Å². The molecule has 0 spiro atoms. The molecule has 1 aromatic carbocycles. The molecule has 0 N–H and O–H groups in total. The molecular formula is C18H22N6OS2. The second-order valence-electron chi connectivity index (χ2n) is 6.73. The van der Waals surface area contributed by atoms with E-state index in [0.29, 0.717) is 19.1 Å². The van der Waals surface area contributed by atoms with Gasteiger partial charge < -0.3 is 9.64 Å². The Bertz CT molecular complexity index is 899. The Labute approximate surface area is 167 Å². The SMILES string of the molecule is Cc1ccc(-n2c(Sc3nc(C(C)C)ns3)nnc2N2CCOCC2)cc1. The van der Waals surface area contributed by atoms with Crippen LogP contribution in [0.25, 0.3) is 5.69 Å². The molecule has 1 aliphatic heterocycles. The molecule has 27 heavy (non-hydrogen) atoms. The van der Waals surface area contributed by atoms with Crippen LogP contribution in [0.3, 0.4) is 0 Å². The first-order valence-electron chi connectivity index (χ1n) is 8.98. The maximum absolute atomic E-state index is 5.49. The van der Waals surface area contributed by atoms with E-state index in [2.05, 4.69) is 74.1 Å². The summed E-state index contributed by atoms with van der Waals surface area (Å²) in [5.74, 6) is 2.03. The summed E-state index contributed by atoms with van der Waals surface area (Å²) in [4.78, 5) is 6.85. The quantitative estimate of drug-likeness (QED) is 0.646. The van der Waals surface area contributed by atoms with E-state index < -0.39 is 0 Å². The van der Waals surface area contributed by atoms with E-state index in [1.807, 2.05) is 0 Å². The standard InChI is InChI=1S/C18H22N6OS2/c1-12(2)15-19-18(27-22-15)26-17-21-20-16(23-8-10-25-11-9-23)24(17)14-6-4-13(3)5-7-14/h4-7,12H,8-11H2,1-3H3. The molecule has 1 saturated heterocycles. The molecule has 0 saturated carbocycles. The number of nitrogens with zero attached hydrogens (tertiary/aromatic N) is 6. The highest BCUT2D eigenvalue weighted by Gasteiger charge is 2.23. The van der Waals surface area contributed by atoms with E-state index in [0.717, 1.165) is 40.0 Å². The second-order valence-corrected chi connectivity index (χ2v) is 8.69. The highest BCUT2D eigenvalue weighted by atomic mass is 32.2. The lowest BCUT2D eigenvalue weighted by atomic mass is 10.2. The van der Waals surface area contributed by atoms with Crippen LogP contribution in [0.1, 0.15) is 31.2 Å². The van der Waals surface area contributed by atoms with Crippen molar-refractivity contribution in [1.29, 1.82) is 0 Å². The molecule has 0 aliphatic carbocycles. The highest BCUT2D eigenvalue weighted by molar-refractivity contribution is 8.00. The predicted octanol–water partition coefficient (Wildman–Crippen LogP) is 3.54. The molecule has 1 aliphatic rings. The summed E-state index contributed by atoms with van der Waals surface area (Å²) in [5, 5.41) is 9.77. The van der Waals surface area contributed by atoms with Gasteiger partial charge in [0.15, 0.2) is 4.34 Å². The summed E-state index contributed by atoms with van der Waals surface area (Å²) >= 11 is 2.92. The molecule has 3 heterocycles. The van der Waals surface area contributed by atoms with Gasteiger partial charge in [-0.15, -0.1) is 10.2 Å². The van der Waals surface area contributed by atoms with Gasteiger partial charge in [-0.1, -0.05) is 31.5 Å². The lowest BCUT2D eigenvalue weighted by Crippen LogP contribution is -2.37. The van der Waals surface area contributed by atoms with Crippen LogP contribution in [-0.2, 0) is 4.74 Å². The minimum absolute atomic E-state index is 0.314. The van der Waals surface area contributed by atoms with Gasteiger partial charge in [-0.3, -0.25) is 4.57 Å². The fourth-order valence-electron chi connectivity index (χ4n) is 2.79. The summed E-state index contributed by atoms with van der Waals surface area (Å²) in [6.07, 6.45) is 0. The number of aryl methyl sites for hydroxylation is 1. The summed E-state index contributed by atoms with van der Waals surface area (Å²) in [6, 6.07) is 8.42. The number of hydrogen-bond acceptors (Lipinski definition) is 8. The first kappa shape index (κ1) is 18.4. The zero-order valence-corrected chi connectivity index (χ0v) is 17.3. The predicted molar refractivity (Wildman–Crippen MR) is 107 cm³/mol. The number of anilines is 1. The first-order valence-corrected chi connectivity index (χ1v) is 10.6. The summed E-state index contributed by atoms with van der Waals surface area (Å²) in [5.41, 5.74) is 2.27. The van der Waals surface area contributed by atoms with Gasteiger partial charge in [-0.25, -0.2) is 4.98 Å². The molecule has 0 amide bonds. The van der Waals surface area contributed by atoms with E-state index in [-0.39, 0.29) is 0 Å².